The number of hydrogen-bond donors (Lipinski definition) is 3. The van der Waals surface area contributed by atoms with Gasteiger partial charge in [-0.05, 0) is 60.8 Å². The Morgan fingerprint density at radius 3 is 2.00 bits per heavy atom. The Labute approximate surface area is 179 Å². The van der Waals surface area contributed by atoms with Crippen LogP contribution in [0.25, 0.3) is 0 Å². The molecular weight excluding hydrogens is 390 g/mol. The lowest BCUT2D eigenvalue weighted by Crippen LogP contribution is -2.60. The molecular formula is C21H39N3O6. The van der Waals surface area contributed by atoms with E-state index in [2.05, 4.69) is 10.7 Å². The third-order valence-electron chi connectivity index (χ3n) is 4.54. The number of aliphatic hydroxyl groups is 1. The molecule has 1 rings (SSSR count). The number of aliphatic hydroxyl groups excluding tert-OH is 1. The minimum atomic E-state index is -1.54. The van der Waals surface area contributed by atoms with Crippen LogP contribution in [0, 0.1) is 0 Å². The first-order valence-corrected chi connectivity index (χ1v) is 10.7. The second-order valence-electron chi connectivity index (χ2n) is 9.73. The molecule has 3 N–H and O–H groups in total. The minimum Gasteiger partial charge on any atom is -0.443 e. The zero-order valence-corrected chi connectivity index (χ0v) is 19.4. The maximum atomic E-state index is 12.8. The number of ether oxygens (including phenoxy) is 2. The number of nitrogens with one attached hydrogen (secondary N) is 2. The Hall–Kier alpha value is -2.03. The van der Waals surface area contributed by atoms with Crippen LogP contribution < -0.4 is 10.7 Å². The summed E-state index contributed by atoms with van der Waals surface area (Å²) in [5.74, 6) is -0.576. The van der Waals surface area contributed by atoms with Gasteiger partial charge in [0.1, 0.15) is 11.2 Å². The number of carbonyl (C=O) groups excluding carboxylic acids is 3. The van der Waals surface area contributed by atoms with Crippen molar-refractivity contribution in [2.24, 2.45) is 0 Å². The van der Waals surface area contributed by atoms with Crippen molar-refractivity contribution < 1.29 is 29.0 Å². The van der Waals surface area contributed by atoms with Gasteiger partial charge in [-0.25, -0.2) is 20.0 Å². The second kappa shape index (κ2) is 10.8. The summed E-state index contributed by atoms with van der Waals surface area (Å²) in [6.07, 6.45) is 1.82. The van der Waals surface area contributed by atoms with Crippen LogP contribution in [-0.4, -0.2) is 57.6 Å². The van der Waals surface area contributed by atoms with Crippen molar-refractivity contribution in [1.29, 1.82) is 0 Å². The molecule has 1 saturated carbocycles. The topological polar surface area (TPSA) is 117 Å². The van der Waals surface area contributed by atoms with Gasteiger partial charge >= 0.3 is 12.2 Å². The molecule has 0 spiro atoms. The SMILES string of the molecule is CC[C@H](C(O)C(=O)NC1CCCCC1)N(NC(=O)OC(C)(C)C)C(=O)OC(C)(C)C. The predicted octanol–water partition coefficient (Wildman–Crippen LogP) is 3.25. The third-order valence-corrected chi connectivity index (χ3v) is 4.54. The molecule has 9 nitrogen and oxygen atoms in total. The molecule has 9 heteroatoms. The van der Waals surface area contributed by atoms with Crippen LogP contribution in [0.4, 0.5) is 9.59 Å². The summed E-state index contributed by atoms with van der Waals surface area (Å²) >= 11 is 0. The quantitative estimate of drug-likeness (QED) is 0.578. The van der Waals surface area contributed by atoms with Gasteiger partial charge in [-0.15, -0.1) is 0 Å². The summed E-state index contributed by atoms with van der Waals surface area (Å²) in [7, 11) is 0. The zero-order chi connectivity index (χ0) is 23.1. The monoisotopic (exact) mass is 429 g/mol. The largest absolute Gasteiger partial charge is 0.443 e. The Balaban J connectivity index is 2.99. The van der Waals surface area contributed by atoms with Gasteiger partial charge < -0.3 is 19.9 Å². The Kier molecular flexibility index (Phi) is 9.39. The molecule has 0 aliphatic heterocycles. The zero-order valence-electron chi connectivity index (χ0n) is 19.4. The lowest BCUT2D eigenvalue weighted by atomic mass is 9.95. The average Bonchev–Trinajstić information content (AvgIpc) is 2.59. The van der Waals surface area contributed by atoms with E-state index in [1.807, 2.05) is 0 Å². The van der Waals surface area contributed by atoms with Crippen molar-refractivity contribution >= 4 is 18.1 Å². The van der Waals surface area contributed by atoms with E-state index in [-0.39, 0.29) is 12.5 Å². The molecule has 1 aliphatic rings. The number of nitrogens with zero attached hydrogens (tertiary/aromatic N) is 1. The van der Waals surface area contributed by atoms with Crippen molar-refractivity contribution in [1.82, 2.24) is 15.8 Å². The summed E-state index contributed by atoms with van der Waals surface area (Å²) in [5, 5.41) is 14.4. The molecule has 3 amide bonds. The predicted molar refractivity (Wildman–Crippen MR) is 113 cm³/mol. The van der Waals surface area contributed by atoms with Crippen LogP contribution >= 0.6 is 0 Å². The fraction of sp³-hybridized carbons (Fsp3) is 0.857. The highest BCUT2D eigenvalue weighted by atomic mass is 16.6. The first-order chi connectivity index (χ1) is 13.7. The summed E-state index contributed by atoms with van der Waals surface area (Å²) < 4.78 is 10.6. The molecule has 1 fully saturated rings. The summed E-state index contributed by atoms with van der Waals surface area (Å²) in [6.45, 7) is 11.8. The first kappa shape index (κ1) is 26.0. The maximum absolute atomic E-state index is 12.8. The molecule has 0 aromatic carbocycles. The van der Waals surface area contributed by atoms with Crippen LogP contribution in [0.2, 0.25) is 0 Å². The number of carbonyl (C=O) groups is 3. The molecule has 0 heterocycles. The lowest BCUT2D eigenvalue weighted by Gasteiger charge is -2.35. The van der Waals surface area contributed by atoms with Crippen molar-refractivity contribution in [3.05, 3.63) is 0 Å². The van der Waals surface area contributed by atoms with E-state index < -0.39 is 41.4 Å². The van der Waals surface area contributed by atoms with E-state index >= 15 is 0 Å². The fourth-order valence-electron chi connectivity index (χ4n) is 3.23. The van der Waals surface area contributed by atoms with E-state index in [4.69, 9.17) is 9.47 Å². The van der Waals surface area contributed by atoms with E-state index in [0.717, 1.165) is 37.1 Å². The Morgan fingerprint density at radius 1 is 1.00 bits per heavy atom. The number of rotatable bonds is 5. The molecule has 0 radical (unpaired) electrons. The standard InChI is InChI=1S/C21H39N3O6/c1-8-15(16(25)17(26)22-14-12-10-9-11-13-14)24(19(28)30-21(5,6)7)23-18(27)29-20(2,3)4/h14-16,25H,8-13H2,1-7H3,(H,22,26)(H,23,27)/t15-,16?/m1/s1. The van der Waals surface area contributed by atoms with E-state index in [9.17, 15) is 19.5 Å². The van der Waals surface area contributed by atoms with Crippen molar-refractivity contribution in [2.45, 2.75) is 116 Å². The third kappa shape index (κ3) is 9.19. The second-order valence-corrected chi connectivity index (χ2v) is 9.73. The van der Waals surface area contributed by atoms with Gasteiger partial charge in [-0.1, -0.05) is 26.2 Å². The summed E-state index contributed by atoms with van der Waals surface area (Å²) in [6, 6.07) is -1.02. The van der Waals surface area contributed by atoms with Gasteiger partial charge in [0.05, 0.1) is 6.04 Å². The van der Waals surface area contributed by atoms with Crippen LogP contribution in [0.3, 0.4) is 0 Å². The molecule has 1 aliphatic carbocycles. The van der Waals surface area contributed by atoms with Crippen molar-refractivity contribution in [3.63, 3.8) is 0 Å². The van der Waals surface area contributed by atoms with Crippen LogP contribution in [0.15, 0.2) is 0 Å². The molecule has 2 atom stereocenters. The highest BCUT2D eigenvalue weighted by Gasteiger charge is 2.38. The Morgan fingerprint density at radius 2 is 1.53 bits per heavy atom. The van der Waals surface area contributed by atoms with Gasteiger partial charge in [0.25, 0.3) is 5.91 Å². The number of amides is 3. The van der Waals surface area contributed by atoms with Gasteiger partial charge in [0.2, 0.25) is 0 Å². The molecule has 174 valence electrons. The molecule has 0 saturated heterocycles. The van der Waals surface area contributed by atoms with Crippen LogP contribution in [-0.2, 0) is 14.3 Å². The Bertz CT molecular complexity index is 591. The van der Waals surface area contributed by atoms with Gasteiger partial charge in [0.15, 0.2) is 6.10 Å². The van der Waals surface area contributed by atoms with E-state index in [0.29, 0.717) is 0 Å². The highest BCUT2D eigenvalue weighted by molar-refractivity contribution is 5.83. The van der Waals surface area contributed by atoms with Gasteiger partial charge in [0, 0.05) is 6.04 Å². The average molecular weight is 430 g/mol. The normalized spacial score (nSPS) is 17.5. The maximum Gasteiger partial charge on any atom is 0.429 e. The molecule has 0 aromatic rings. The van der Waals surface area contributed by atoms with Gasteiger partial charge in [-0.3, -0.25) is 4.79 Å². The van der Waals surface area contributed by atoms with E-state index in [1.54, 1.807) is 48.5 Å². The number of hydrogen-bond acceptors (Lipinski definition) is 6. The summed E-state index contributed by atoms with van der Waals surface area (Å²) in [4.78, 5) is 37.7. The van der Waals surface area contributed by atoms with Crippen LogP contribution in [0.1, 0.15) is 87.0 Å². The molecule has 0 aromatic heterocycles. The van der Waals surface area contributed by atoms with E-state index in [1.165, 1.54) is 0 Å². The first-order valence-electron chi connectivity index (χ1n) is 10.7. The number of hydrazine groups is 1. The van der Waals surface area contributed by atoms with Crippen molar-refractivity contribution in [2.75, 3.05) is 0 Å². The fourth-order valence-corrected chi connectivity index (χ4v) is 3.23. The smallest absolute Gasteiger partial charge is 0.429 e. The highest BCUT2D eigenvalue weighted by Crippen LogP contribution is 2.19. The molecule has 0 bridgehead atoms. The van der Waals surface area contributed by atoms with Gasteiger partial charge in [-0.2, -0.15) is 0 Å². The minimum absolute atomic E-state index is 0.00666. The summed E-state index contributed by atoms with van der Waals surface area (Å²) in [5.41, 5.74) is 0.720. The molecule has 1 unspecified atom stereocenters. The molecule has 30 heavy (non-hydrogen) atoms. The van der Waals surface area contributed by atoms with Crippen molar-refractivity contribution in [3.8, 4) is 0 Å². The lowest BCUT2D eigenvalue weighted by molar-refractivity contribution is -0.134. The van der Waals surface area contributed by atoms with Crippen LogP contribution in [0.5, 0.6) is 0 Å².